The molecule has 144 valence electrons. The van der Waals surface area contributed by atoms with Crippen LogP contribution >= 0.6 is 0 Å². The predicted molar refractivity (Wildman–Crippen MR) is 93.8 cm³/mol. The highest BCUT2D eigenvalue weighted by Gasteiger charge is 2.36. The number of carbonyl (C=O) groups excluding carboxylic acids is 1. The van der Waals surface area contributed by atoms with Gasteiger partial charge in [-0.1, -0.05) is 42.5 Å². The summed E-state index contributed by atoms with van der Waals surface area (Å²) >= 11 is 0. The standard InChI is InChI=1S/C21H12F6O/c22-20(23,24)17-9-13(10-18(12-17)21(25,26)27)5-8-19(28)16-7-6-14-3-1-2-4-15(14)11-16/h1-12H. The summed E-state index contributed by atoms with van der Waals surface area (Å²) in [4.78, 5) is 12.3. The van der Waals surface area contributed by atoms with Gasteiger partial charge in [0.15, 0.2) is 5.78 Å². The number of alkyl halides is 6. The minimum absolute atomic E-state index is 0.0441. The second-order valence-corrected chi connectivity index (χ2v) is 6.10. The Hall–Kier alpha value is -3.09. The minimum Gasteiger partial charge on any atom is -0.289 e. The predicted octanol–water partition coefficient (Wildman–Crippen LogP) is 6.77. The second kappa shape index (κ2) is 7.14. The van der Waals surface area contributed by atoms with Crippen LogP contribution in [0.4, 0.5) is 26.3 Å². The fraction of sp³-hybridized carbons (Fsp3) is 0.0952. The third-order valence-electron chi connectivity index (χ3n) is 4.07. The van der Waals surface area contributed by atoms with Gasteiger partial charge >= 0.3 is 12.4 Å². The lowest BCUT2D eigenvalue weighted by molar-refractivity contribution is -0.143. The number of hydrogen-bond donors (Lipinski definition) is 0. The van der Waals surface area contributed by atoms with E-state index in [1.165, 1.54) is 0 Å². The van der Waals surface area contributed by atoms with E-state index in [0.717, 1.165) is 22.9 Å². The molecule has 0 fully saturated rings. The Morgan fingerprint density at radius 2 is 1.29 bits per heavy atom. The maximum Gasteiger partial charge on any atom is 0.416 e. The van der Waals surface area contributed by atoms with Gasteiger partial charge in [0.25, 0.3) is 0 Å². The van der Waals surface area contributed by atoms with Crippen LogP contribution in [0.3, 0.4) is 0 Å². The first kappa shape index (κ1) is 19.7. The minimum atomic E-state index is -4.94. The highest BCUT2D eigenvalue weighted by atomic mass is 19.4. The fourth-order valence-corrected chi connectivity index (χ4v) is 2.69. The summed E-state index contributed by atoms with van der Waals surface area (Å²) in [7, 11) is 0. The van der Waals surface area contributed by atoms with Crippen molar-refractivity contribution in [3.63, 3.8) is 0 Å². The molecule has 0 aromatic heterocycles. The monoisotopic (exact) mass is 394 g/mol. The molecular weight excluding hydrogens is 382 g/mol. The van der Waals surface area contributed by atoms with Gasteiger partial charge in [-0.2, -0.15) is 26.3 Å². The van der Waals surface area contributed by atoms with Crippen molar-refractivity contribution in [2.45, 2.75) is 12.4 Å². The summed E-state index contributed by atoms with van der Waals surface area (Å²) in [5.74, 6) is -0.531. The van der Waals surface area contributed by atoms with Gasteiger partial charge in [-0.25, -0.2) is 0 Å². The Morgan fingerprint density at radius 1 is 0.714 bits per heavy atom. The van der Waals surface area contributed by atoms with E-state index in [1.54, 1.807) is 30.3 Å². The van der Waals surface area contributed by atoms with Crippen molar-refractivity contribution in [2.24, 2.45) is 0 Å². The van der Waals surface area contributed by atoms with E-state index in [9.17, 15) is 31.1 Å². The molecule has 0 atom stereocenters. The number of hydrogen-bond acceptors (Lipinski definition) is 1. The highest BCUT2D eigenvalue weighted by Crippen LogP contribution is 2.36. The zero-order chi connectivity index (χ0) is 20.5. The van der Waals surface area contributed by atoms with Gasteiger partial charge in [-0.05, 0) is 46.7 Å². The lowest BCUT2D eigenvalue weighted by Crippen LogP contribution is -2.11. The first-order valence-electron chi connectivity index (χ1n) is 8.05. The van der Waals surface area contributed by atoms with Gasteiger partial charge < -0.3 is 0 Å². The molecule has 0 aliphatic carbocycles. The molecule has 0 radical (unpaired) electrons. The molecule has 7 heteroatoms. The molecule has 0 aliphatic rings. The number of halogens is 6. The van der Waals surface area contributed by atoms with Gasteiger partial charge in [0.05, 0.1) is 11.1 Å². The van der Waals surface area contributed by atoms with E-state index in [0.29, 0.717) is 12.1 Å². The Balaban J connectivity index is 1.94. The highest BCUT2D eigenvalue weighted by molar-refractivity contribution is 6.08. The van der Waals surface area contributed by atoms with Crippen molar-refractivity contribution < 1.29 is 31.1 Å². The van der Waals surface area contributed by atoms with E-state index < -0.39 is 29.3 Å². The number of carbonyl (C=O) groups is 1. The van der Waals surface area contributed by atoms with Gasteiger partial charge in [0.2, 0.25) is 0 Å². The van der Waals surface area contributed by atoms with E-state index in [-0.39, 0.29) is 17.2 Å². The number of allylic oxidation sites excluding steroid dienone is 1. The van der Waals surface area contributed by atoms with Gasteiger partial charge in [0, 0.05) is 5.56 Å². The van der Waals surface area contributed by atoms with Crippen molar-refractivity contribution >= 4 is 22.6 Å². The summed E-state index contributed by atoms with van der Waals surface area (Å²) in [6.07, 6.45) is -7.97. The van der Waals surface area contributed by atoms with Crippen LogP contribution in [0.1, 0.15) is 27.0 Å². The van der Waals surface area contributed by atoms with Gasteiger partial charge in [-0.3, -0.25) is 4.79 Å². The van der Waals surface area contributed by atoms with Crippen LogP contribution in [0.2, 0.25) is 0 Å². The van der Waals surface area contributed by atoms with Crippen LogP contribution in [0.5, 0.6) is 0 Å². The molecule has 0 unspecified atom stereocenters. The summed E-state index contributed by atoms with van der Waals surface area (Å²) in [6, 6.07) is 13.3. The van der Waals surface area contributed by atoms with Crippen molar-refractivity contribution in [3.05, 3.63) is 89.0 Å². The molecule has 0 N–H and O–H groups in total. The fourth-order valence-electron chi connectivity index (χ4n) is 2.69. The number of benzene rings is 3. The molecule has 0 saturated carbocycles. The normalized spacial score (nSPS) is 12.6. The molecule has 0 bridgehead atoms. The zero-order valence-electron chi connectivity index (χ0n) is 14.1. The molecule has 0 spiro atoms. The van der Waals surface area contributed by atoms with Crippen LogP contribution in [-0.4, -0.2) is 5.78 Å². The Morgan fingerprint density at radius 3 is 1.86 bits per heavy atom. The SMILES string of the molecule is O=C(C=Cc1cc(C(F)(F)F)cc(C(F)(F)F)c1)c1ccc2ccccc2c1. The van der Waals surface area contributed by atoms with Crippen molar-refractivity contribution in [2.75, 3.05) is 0 Å². The largest absolute Gasteiger partial charge is 0.416 e. The van der Waals surface area contributed by atoms with E-state index in [2.05, 4.69) is 0 Å². The van der Waals surface area contributed by atoms with Crippen molar-refractivity contribution in [3.8, 4) is 0 Å². The van der Waals surface area contributed by atoms with Crippen LogP contribution < -0.4 is 0 Å². The lowest BCUT2D eigenvalue weighted by atomic mass is 10.0. The average molecular weight is 394 g/mol. The first-order valence-corrected chi connectivity index (χ1v) is 8.05. The Kier molecular flexibility index (Phi) is 5.02. The zero-order valence-corrected chi connectivity index (χ0v) is 14.1. The topological polar surface area (TPSA) is 17.1 Å². The number of ketones is 1. The summed E-state index contributed by atoms with van der Waals surface area (Å²) in [6.45, 7) is 0. The summed E-state index contributed by atoms with van der Waals surface area (Å²) in [5.41, 5.74) is -2.95. The summed E-state index contributed by atoms with van der Waals surface area (Å²) in [5, 5.41) is 1.69. The van der Waals surface area contributed by atoms with Crippen LogP contribution in [0, 0.1) is 0 Å². The molecule has 28 heavy (non-hydrogen) atoms. The third-order valence-corrected chi connectivity index (χ3v) is 4.07. The van der Waals surface area contributed by atoms with E-state index >= 15 is 0 Å². The number of rotatable bonds is 3. The molecule has 0 heterocycles. The van der Waals surface area contributed by atoms with Crippen LogP contribution in [0.15, 0.2) is 66.7 Å². The van der Waals surface area contributed by atoms with E-state index in [4.69, 9.17) is 0 Å². The average Bonchev–Trinajstić information content (AvgIpc) is 2.64. The van der Waals surface area contributed by atoms with Crippen LogP contribution in [0.25, 0.3) is 16.8 Å². The maximum absolute atomic E-state index is 12.9. The molecule has 1 nitrogen and oxygen atoms in total. The first-order chi connectivity index (χ1) is 13.0. The second-order valence-electron chi connectivity index (χ2n) is 6.10. The molecule has 0 amide bonds. The van der Waals surface area contributed by atoms with Crippen molar-refractivity contribution in [1.82, 2.24) is 0 Å². The molecule has 3 aromatic carbocycles. The van der Waals surface area contributed by atoms with Gasteiger partial charge in [-0.15, -0.1) is 0 Å². The van der Waals surface area contributed by atoms with Gasteiger partial charge in [0.1, 0.15) is 0 Å². The quantitative estimate of drug-likeness (QED) is 0.272. The number of fused-ring (bicyclic) bond motifs is 1. The molecule has 3 aromatic rings. The molecule has 3 rings (SSSR count). The molecule has 0 aliphatic heterocycles. The summed E-state index contributed by atoms with van der Waals surface area (Å²) < 4.78 is 77.3. The molecular formula is C21H12F6O. The lowest BCUT2D eigenvalue weighted by Gasteiger charge is -2.12. The molecule has 0 saturated heterocycles. The van der Waals surface area contributed by atoms with Crippen molar-refractivity contribution in [1.29, 1.82) is 0 Å². The third kappa shape index (κ3) is 4.42. The Labute approximate surface area is 155 Å². The van der Waals surface area contributed by atoms with Crippen LogP contribution in [-0.2, 0) is 12.4 Å². The maximum atomic E-state index is 12.9. The smallest absolute Gasteiger partial charge is 0.289 e. The van der Waals surface area contributed by atoms with E-state index in [1.807, 2.05) is 12.1 Å². The Bertz CT molecular complexity index is 1030.